The lowest BCUT2D eigenvalue weighted by molar-refractivity contribution is -0.385. The molecule has 0 radical (unpaired) electrons. The summed E-state index contributed by atoms with van der Waals surface area (Å²) in [6.07, 6.45) is 3.18. The van der Waals surface area contributed by atoms with E-state index in [0.717, 1.165) is 17.7 Å². The summed E-state index contributed by atoms with van der Waals surface area (Å²) in [5.41, 5.74) is 0.920. The zero-order chi connectivity index (χ0) is 13.9. The van der Waals surface area contributed by atoms with Crippen molar-refractivity contribution in [3.8, 4) is 5.75 Å². The Morgan fingerprint density at radius 3 is 2.80 bits per heavy atom. The molecule has 1 aromatic heterocycles. The van der Waals surface area contributed by atoms with Crippen LogP contribution in [0.5, 0.6) is 5.75 Å². The molecular weight excluding hydrogens is 260 g/mol. The van der Waals surface area contributed by atoms with Crippen LogP contribution in [0.4, 0.5) is 11.6 Å². The summed E-state index contributed by atoms with van der Waals surface area (Å²) in [4.78, 5) is 18.0. The first-order valence-corrected chi connectivity index (χ1v) is 6.19. The van der Waals surface area contributed by atoms with E-state index in [1.807, 2.05) is 24.3 Å². The van der Waals surface area contributed by atoms with E-state index < -0.39 is 4.92 Å². The molecule has 0 amide bonds. The smallest absolute Gasteiger partial charge is 0.305 e. The highest BCUT2D eigenvalue weighted by atomic mass is 16.6. The lowest BCUT2D eigenvalue weighted by Crippen LogP contribution is -2.21. The van der Waals surface area contributed by atoms with Crippen molar-refractivity contribution < 1.29 is 9.66 Å². The zero-order valence-electron chi connectivity index (χ0n) is 10.5. The highest BCUT2D eigenvalue weighted by Gasteiger charge is 2.21. The molecule has 20 heavy (non-hydrogen) atoms. The van der Waals surface area contributed by atoms with Gasteiger partial charge < -0.3 is 10.1 Å². The summed E-state index contributed by atoms with van der Waals surface area (Å²) < 4.78 is 5.57. The van der Waals surface area contributed by atoms with Crippen LogP contribution in [0.2, 0.25) is 0 Å². The van der Waals surface area contributed by atoms with E-state index in [-0.39, 0.29) is 11.7 Å². The molecule has 1 unspecified atom stereocenters. The van der Waals surface area contributed by atoms with E-state index in [4.69, 9.17) is 4.74 Å². The van der Waals surface area contributed by atoms with Gasteiger partial charge >= 0.3 is 5.69 Å². The van der Waals surface area contributed by atoms with Gasteiger partial charge in [-0.1, -0.05) is 18.2 Å². The molecule has 0 saturated carbocycles. The lowest BCUT2D eigenvalue weighted by atomic mass is 10.0. The minimum absolute atomic E-state index is 0.0430. The number of nitrogens with zero attached hydrogens (tertiary/aromatic N) is 3. The van der Waals surface area contributed by atoms with Crippen molar-refractivity contribution in [2.24, 2.45) is 0 Å². The van der Waals surface area contributed by atoms with Crippen molar-refractivity contribution in [3.05, 3.63) is 52.3 Å². The van der Waals surface area contributed by atoms with Crippen LogP contribution in [0.1, 0.15) is 18.0 Å². The topological polar surface area (TPSA) is 90.2 Å². The zero-order valence-corrected chi connectivity index (χ0v) is 10.5. The van der Waals surface area contributed by atoms with Gasteiger partial charge in [-0.3, -0.25) is 10.1 Å². The third-order valence-corrected chi connectivity index (χ3v) is 3.11. The van der Waals surface area contributed by atoms with E-state index >= 15 is 0 Å². The molecule has 2 aromatic rings. The van der Waals surface area contributed by atoms with Crippen LogP contribution in [0.3, 0.4) is 0 Å². The molecule has 1 atom stereocenters. The Labute approximate surface area is 114 Å². The van der Waals surface area contributed by atoms with Crippen LogP contribution in [-0.2, 0) is 0 Å². The van der Waals surface area contributed by atoms with Crippen LogP contribution >= 0.6 is 0 Å². The molecule has 0 bridgehead atoms. The van der Waals surface area contributed by atoms with Crippen molar-refractivity contribution in [2.75, 3.05) is 11.9 Å². The van der Waals surface area contributed by atoms with Crippen LogP contribution in [0, 0.1) is 10.1 Å². The summed E-state index contributed by atoms with van der Waals surface area (Å²) in [6.45, 7) is 0.613. The molecule has 1 aliphatic heterocycles. The van der Waals surface area contributed by atoms with Gasteiger partial charge in [-0.05, 0) is 6.07 Å². The monoisotopic (exact) mass is 272 g/mol. The third kappa shape index (κ3) is 2.37. The molecule has 102 valence electrons. The van der Waals surface area contributed by atoms with E-state index in [1.54, 1.807) is 0 Å². The Morgan fingerprint density at radius 2 is 2.05 bits per heavy atom. The average Bonchev–Trinajstić information content (AvgIpc) is 2.48. The van der Waals surface area contributed by atoms with E-state index in [1.165, 1.54) is 12.4 Å². The standard InChI is InChI=1S/C13H12N4O3/c18-17(19)9-7-14-13(15-8-9)16-11-5-6-20-12-4-2-1-3-10(11)12/h1-4,7-8,11H,5-6H2,(H,14,15,16). The second kappa shape index (κ2) is 5.12. The van der Waals surface area contributed by atoms with Gasteiger partial charge in [0.2, 0.25) is 5.95 Å². The molecule has 1 N–H and O–H groups in total. The first-order valence-electron chi connectivity index (χ1n) is 6.19. The summed E-state index contributed by atoms with van der Waals surface area (Å²) >= 11 is 0. The number of nitrogens with one attached hydrogen (secondary N) is 1. The van der Waals surface area contributed by atoms with Gasteiger partial charge in [0.05, 0.1) is 17.6 Å². The second-order valence-electron chi connectivity index (χ2n) is 4.39. The fourth-order valence-corrected chi connectivity index (χ4v) is 2.14. The predicted octanol–water partition coefficient (Wildman–Crippen LogP) is 2.32. The first kappa shape index (κ1) is 12.3. The Morgan fingerprint density at radius 1 is 1.30 bits per heavy atom. The number of rotatable bonds is 3. The quantitative estimate of drug-likeness (QED) is 0.681. The van der Waals surface area contributed by atoms with E-state index in [0.29, 0.717) is 12.6 Å². The number of para-hydroxylation sites is 1. The highest BCUT2D eigenvalue weighted by Crippen LogP contribution is 2.33. The molecule has 1 aliphatic rings. The SMILES string of the molecule is O=[N+]([O-])c1cnc(NC2CCOc3ccccc32)nc1. The molecule has 1 aromatic carbocycles. The number of nitro groups is 1. The van der Waals surface area contributed by atoms with Crippen molar-refractivity contribution >= 4 is 11.6 Å². The van der Waals surface area contributed by atoms with Crippen LogP contribution in [-0.4, -0.2) is 21.5 Å². The Kier molecular flexibility index (Phi) is 3.16. The van der Waals surface area contributed by atoms with Crippen molar-refractivity contribution in [3.63, 3.8) is 0 Å². The lowest BCUT2D eigenvalue weighted by Gasteiger charge is -2.26. The summed E-state index contributed by atoms with van der Waals surface area (Å²) in [6, 6.07) is 7.81. The fraction of sp³-hybridized carbons (Fsp3) is 0.231. The predicted molar refractivity (Wildman–Crippen MR) is 71.6 cm³/mol. The summed E-state index contributed by atoms with van der Waals surface area (Å²) in [5.74, 6) is 1.22. The molecule has 2 heterocycles. The highest BCUT2D eigenvalue weighted by molar-refractivity contribution is 5.42. The van der Waals surface area contributed by atoms with Crippen molar-refractivity contribution in [1.82, 2.24) is 9.97 Å². The molecule has 0 aliphatic carbocycles. The maximum atomic E-state index is 10.6. The first-order chi connectivity index (χ1) is 9.74. The van der Waals surface area contributed by atoms with Gasteiger partial charge in [0.1, 0.15) is 18.1 Å². The fourth-order valence-electron chi connectivity index (χ4n) is 2.14. The van der Waals surface area contributed by atoms with Crippen LogP contribution in [0.25, 0.3) is 0 Å². The number of ether oxygens (including phenoxy) is 1. The number of aromatic nitrogens is 2. The van der Waals surface area contributed by atoms with Gasteiger partial charge in [-0.25, -0.2) is 9.97 Å². The van der Waals surface area contributed by atoms with E-state index in [2.05, 4.69) is 15.3 Å². The number of benzene rings is 1. The third-order valence-electron chi connectivity index (χ3n) is 3.11. The molecule has 0 fully saturated rings. The second-order valence-corrected chi connectivity index (χ2v) is 4.39. The molecule has 0 saturated heterocycles. The number of hydrogen-bond acceptors (Lipinski definition) is 6. The Balaban J connectivity index is 1.80. The van der Waals surface area contributed by atoms with Gasteiger partial charge in [0, 0.05) is 12.0 Å². The van der Waals surface area contributed by atoms with Gasteiger partial charge in [0.15, 0.2) is 0 Å². The van der Waals surface area contributed by atoms with Crippen LogP contribution < -0.4 is 10.1 Å². The minimum Gasteiger partial charge on any atom is -0.493 e. The van der Waals surface area contributed by atoms with Crippen molar-refractivity contribution in [1.29, 1.82) is 0 Å². The molecule has 7 nitrogen and oxygen atoms in total. The molecule has 0 spiro atoms. The number of hydrogen-bond donors (Lipinski definition) is 1. The minimum atomic E-state index is -0.520. The summed E-state index contributed by atoms with van der Waals surface area (Å²) in [7, 11) is 0. The van der Waals surface area contributed by atoms with Crippen LogP contribution in [0.15, 0.2) is 36.7 Å². The van der Waals surface area contributed by atoms with Gasteiger partial charge in [0.25, 0.3) is 0 Å². The molecule has 7 heteroatoms. The summed E-state index contributed by atoms with van der Waals surface area (Å²) in [5, 5.41) is 13.7. The average molecular weight is 272 g/mol. The largest absolute Gasteiger partial charge is 0.493 e. The normalized spacial score (nSPS) is 16.9. The van der Waals surface area contributed by atoms with Crippen molar-refractivity contribution in [2.45, 2.75) is 12.5 Å². The maximum Gasteiger partial charge on any atom is 0.305 e. The Hall–Kier alpha value is -2.70. The van der Waals surface area contributed by atoms with Gasteiger partial charge in [-0.2, -0.15) is 0 Å². The maximum absolute atomic E-state index is 10.6. The van der Waals surface area contributed by atoms with Gasteiger partial charge in [-0.15, -0.1) is 0 Å². The number of anilines is 1. The Bertz CT molecular complexity index is 630. The number of fused-ring (bicyclic) bond motifs is 1. The molecule has 3 rings (SSSR count). The molecular formula is C13H12N4O3. The van der Waals surface area contributed by atoms with E-state index in [9.17, 15) is 10.1 Å².